The van der Waals surface area contributed by atoms with Crippen LogP contribution in [0.1, 0.15) is 16.8 Å². The first kappa shape index (κ1) is 15.4. The molecule has 2 N–H and O–H groups in total. The lowest BCUT2D eigenvalue weighted by molar-refractivity contribution is 0.0953. The minimum atomic E-state index is -0.346. The average molecular weight is 329 g/mol. The molecule has 0 radical (unpaired) electrons. The number of aromatic nitrogens is 1. The molecule has 0 fully saturated rings. The van der Waals surface area contributed by atoms with Gasteiger partial charge in [-0.1, -0.05) is 12.1 Å². The van der Waals surface area contributed by atoms with Crippen LogP contribution in [-0.2, 0) is 0 Å². The first-order chi connectivity index (χ1) is 11.2. The Bertz CT molecular complexity index is 801. The molecule has 3 aromatic rings. The van der Waals surface area contributed by atoms with Crippen LogP contribution < -0.4 is 10.6 Å². The van der Waals surface area contributed by atoms with Gasteiger partial charge in [-0.2, -0.15) is 4.37 Å². The van der Waals surface area contributed by atoms with E-state index in [0.29, 0.717) is 12.1 Å². The van der Waals surface area contributed by atoms with E-state index in [1.54, 1.807) is 0 Å². The van der Waals surface area contributed by atoms with Gasteiger partial charge in [0, 0.05) is 24.0 Å². The van der Waals surface area contributed by atoms with E-state index in [1.165, 1.54) is 35.8 Å². The summed E-state index contributed by atoms with van der Waals surface area (Å²) in [6.45, 7) is 1.27. The van der Waals surface area contributed by atoms with Crippen molar-refractivity contribution in [2.24, 2.45) is 0 Å². The maximum Gasteiger partial charge on any atom is 0.251 e. The summed E-state index contributed by atoms with van der Waals surface area (Å²) in [5.74, 6) is 0.348. The molecule has 2 aromatic carbocycles. The fourth-order valence-electron chi connectivity index (χ4n) is 2.21. The quantitative estimate of drug-likeness (QED) is 0.679. The highest BCUT2D eigenvalue weighted by atomic mass is 32.1. The Kier molecular flexibility index (Phi) is 4.83. The largest absolute Gasteiger partial charge is 0.369 e. The molecule has 118 valence electrons. The second-order valence-corrected chi connectivity index (χ2v) is 5.88. The van der Waals surface area contributed by atoms with Gasteiger partial charge in [-0.3, -0.25) is 4.79 Å². The Balaban J connectivity index is 1.43. The van der Waals surface area contributed by atoms with Crippen molar-refractivity contribution in [1.82, 2.24) is 9.69 Å². The van der Waals surface area contributed by atoms with Gasteiger partial charge in [0.25, 0.3) is 5.91 Å². The van der Waals surface area contributed by atoms with Gasteiger partial charge in [-0.25, -0.2) is 4.39 Å². The van der Waals surface area contributed by atoms with Crippen LogP contribution in [0.25, 0.3) is 10.1 Å². The van der Waals surface area contributed by atoms with Crippen molar-refractivity contribution in [2.45, 2.75) is 6.42 Å². The van der Waals surface area contributed by atoms with Crippen LogP contribution in [0.4, 0.5) is 10.2 Å². The second-order valence-electron chi connectivity index (χ2n) is 5.07. The third-order valence-corrected chi connectivity index (χ3v) is 4.24. The van der Waals surface area contributed by atoms with Crippen LogP contribution in [0, 0.1) is 5.82 Å². The van der Waals surface area contributed by atoms with Crippen LogP contribution in [0.15, 0.2) is 48.5 Å². The van der Waals surface area contributed by atoms with E-state index in [9.17, 15) is 9.18 Å². The predicted octanol–water partition coefficient (Wildman–Crippen LogP) is 3.67. The highest BCUT2D eigenvalue weighted by Crippen LogP contribution is 2.25. The van der Waals surface area contributed by atoms with Gasteiger partial charge < -0.3 is 10.6 Å². The number of carbonyl (C=O) groups excluding carboxylic acids is 1. The highest BCUT2D eigenvalue weighted by Gasteiger charge is 2.06. The number of nitrogens with zero attached hydrogens (tertiary/aromatic N) is 1. The number of hydrogen-bond donors (Lipinski definition) is 2. The first-order valence-corrected chi connectivity index (χ1v) is 8.13. The number of carbonyl (C=O) groups is 1. The smallest absolute Gasteiger partial charge is 0.251 e. The summed E-state index contributed by atoms with van der Waals surface area (Å²) < 4.78 is 18.3. The number of benzene rings is 2. The van der Waals surface area contributed by atoms with Crippen molar-refractivity contribution in [3.63, 3.8) is 0 Å². The lowest BCUT2D eigenvalue weighted by Gasteiger charge is -2.06. The summed E-state index contributed by atoms with van der Waals surface area (Å²) in [5, 5.41) is 7.22. The van der Waals surface area contributed by atoms with E-state index < -0.39 is 0 Å². The maximum absolute atomic E-state index is 12.8. The van der Waals surface area contributed by atoms with Crippen LogP contribution >= 0.6 is 11.5 Å². The molecule has 0 unspecified atom stereocenters. The Labute approximate surface area is 137 Å². The van der Waals surface area contributed by atoms with Gasteiger partial charge in [0.15, 0.2) is 0 Å². The van der Waals surface area contributed by atoms with E-state index in [1.807, 2.05) is 24.3 Å². The molecule has 23 heavy (non-hydrogen) atoms. The lowest BCUT2D eigenvalue weighted by Crippen LogP contribution is -2.25. The van der Waals surface area contributed by atoms with Crippen molar-refractivity contribution in [3.8, 4) is 0 Å². The predicted molar refractivity (Wildman–Crippen MR) is 91.5 cm³/mol. The second kappa shape index (κ2) is 7.19. The normalized spacial score (nSPS) is 10.7. The monoisotopic (exact) mass is 329 g/mol. The minimum Gasteiger partial charge on any atom is -0.369 e. The number of hydrogen-bond acceptors (Lipinski definition) is 4. The molecule has 0 saturated carbocycles. The average Bonchev–Trinajstić information content (AvgIpc) is 2.98. The SMILES string of the molecule is O=C(NCCCNc1nsc2ccccc12)c1ccc(F)cc1. The first-order valence-electron chi connectivity index (χ1n) is 7.36. The van der Waals surface area contributed by atoms with E-state index >= 15 is 0 Å². The molecule has 3 rings (SSSR count). The molecular weight excluding hydrogens is 313 g/mol. The zero-order chi connectivity index (χ0) is 16.1. The number of rotatable bonds is 6. The van der Waals surface area contributed by atoms with E-state index in [-0.39, 0.29) is 11.7 Å². The fraction of sp³-hybridized carbons (Fsp3) is 0.176. The molecule has 1 aromatic heterocycles. The molecule has 0 aliphatic rings. The van der Waals surface area contributed by atoms with Crippen LogP contribution in [-0.4, -0.2) is 23.4 Å². The molecule has 0 bridgehead atoms. The molecule has 1 amide bonds. The van der Waals surface area contributed by atoms with Crippen LogP contribution in [0.2, 0.25) is 0 Å². The van der Waals surface area contributed by atoms with Gasteiger partial charge in [0.1, 0.15) is 11.6 Å². The topological polar surface area (TPSA) is 54.0 Å². The summed E-state index contributed by atoms with van der Waals surface area (Å²) in [4.78, 5) is 11.9. The van der Waals surface area contributed by atoms with Crippen LogP contribution in [0.5, 0.6) is 0 Å². The molecular formula is C17H16FN3OS. The Morgan fingerprint density at radius 1 is 1.09 bits per heavy atom. The van der Waals surface area contributed by atoms with Crippen molar-refractivity contribution in [1.29, 1.82) is 0 Å². The molecule has 0 aliphatic carbocycles. The molecule has 6 heteroatoms. The van der Waals surface area contributed by atoms with Crippen molar-refractivity contribution in [2.75, 3.05) is 18.4 Å². The third-order valence-electron chi connectivity index (χ3n) is 3.42. The van der Waals surface area contributed by atoms with Crippen molar-refractivity contribution >= 4 is 33.3 Å². The van der Waals surface area contributed by atoms with Gasteiger partial charge in [0.05, 0.1) is 4.70 Å². The number of anilines is 1. The zero-order valence-electron chi connectivity index (χ0n) is 12.4. The van der Waals surface area contributed by atoms with Crippen LogP contribution in [0.3, 0.4) is 0 Å². The Morgan fingerprint density at radius 3 is 2.70 bits per heavy atom. The standard InChI is InChI=1S/C17H16FN3OS/c18-13-8-6-12(7-9-13)17(22)20-11-3-10-19-16-14-4-1-2-5-15(14)23-21-16/h1-2,4-9H,3,10-11H2,(H,19,21)(H,20,22). The molecule has 1 heterocycles. The fourth-order valence-corrected chi connectivity index (χ4v) is 2.97. The summed E-state index contributed by atoms with van der Waals surface area (Å²) >= 11 is 1.47. The number of amides is 1. The summed E-state index contributed by atoms with van der Waals surface area (Å²) in [6, 6.07) is 13.6. The van der Waals surface area contributed by atoms with Gasteiger partial charge in [-0.15, -0.1) is 0 Å². The summed E-state index contributed by atoms with van der Waals surface area (Å²) in [5.41, 5.74) is 0.463. The number of fused-ring (bicyclic) bond motifs is 1. The number of halogens is 1. The minimum absolute atomic E-state index is 0.191. The van der Waals surface area contributed by atoms with Crippen molar-refractivity contribution in [3.05, 3.63) is 59.9 Å². The third kappa shape index (κ3) is 3.84. The molecule has 0 spiro atoms. The molecule has 4 nitrogen and oxygen atoms in total. The van der Waals surface area contributed by atoms with Crippen molar-refractivity contribution < 1.29 is 9.18 Å². The lowest BCUT2D eigenvalue weighted by atomic mass is 10.2. The van der Waals surface area contributed by atoms with Gasteiger partial charge in [-0.05, 0) is 54.4 Å². The summed E-state index contributed by atoms with van der Waals surface area (Å²) in [7, 11) is 0. The number of nitrogens with one attached hydrogen (secondary N) is 2. The molecule has 0 atom stereocenters. The van der Waals surface area contributed by atoms with E-state index in [0.717, 1.165) is 28.9 Å². The zero-order valence-corrected chi connectivity index (χ0v) is 13.2. The highest BCUT2D eigenvalue weighted by molar-refractivity contribution is 7.13. The van der Waals surface area contributed by atoms with Gasteiger partial charge >= 0.3 is 0 Å². The van der Waals surface area contributed by atoms with Gasteiger partial charge in [0.2, 0.25) is 0 Å². The van der Waals surface area contributed by atoms with E-state index in [2.05, 4.69) is 15.0 Å². The Morgan fingerprint density at radius 2 is 1.87 bits per heavy atom. The molecule has 0 saturated heterocycles. The molecule has 0 aliphatic heterocycles. The van der Waals surface area contributed by atoms with E-state index in [4.69, 9.17) is 0 Å². The maximum atomic E-state index is 12.8. The Hall–Kier alpha value is -2.47. The summed E-state index contributed by atoms with van der Waals surface area (Å²) in [6.07, 6.45) is 0.777.